The van der Waals surface area contributed by atoms with E-state index in [4.69, 9.17) is 0 Å². The molecule has 2 rings (SSSR count). The summed E-state index contributed by atoms with van der Waals surface area (Å²) >= 11 is 0. The van der Waals surface area contributed by atoms with Crippen molar-refractivity contribution >= 4 is 11.6 Å². The van der Waals surface area contributed by atoms with Crippen LogP contribution in [0.1, 0.15) is 37.8 Å². The van der Waals surface area contributed by atoms with Crippen LogP contribution in [-0.2, 0) is 11.3 Å². The van der Waals surface area contributed by atoms with Gasteiger partial charge >= 0.3 is 0 Å². The molecule has 2 aromatic carbocycles. The summed E-state index contributed by atoms with van der Waals surface area (Å²) in [7, 11) is 1.89. The highest BCUT2D eigenvalue weighted by molar-refractivity contribution is 5.94. The van der Waals surface area contributed by atoms with Crippen LogP contribution in [0.3, 0.4) is 0 Å². The van der Waals surface area contributed by atoms with Crippen molar-refractivity contribution in [1.82, 2.24) is 4.90 Å². The summed E-state index contributed by atoms with van der Waals surface area (Å²) in [5, 5.41) is 2.65. The predicted octanol–water partition coefficient (Wildman–Crippen LogP) is 4.41. The molecule has 0 spiro atoms. The number of likely N-dealkylation sites (N-methyl/N-ethyl adjacent to an activating group) is 1. The van der Waals surface area contributed by atoms with E-state index in [0.29, 0.717) is 12.5 Å². The van der Waals surface area contributed by atoms with Gasteiger partial charge in [-0.1, -0.05) is 50.2 Å². The molecule has 2 aromatic rings. The standard InChI is InChI=1S/C20H25FN2O/c1-14(2)17-11-9-16(10-12-17)13-23(4)15(3)20(24)22-19-8-6-5-7-18(19)21/h5-12,14-15H,13H2,1-4H3,(H,22,24)/t15-/m0/s1. The lowest BCUT2D eigenvalue weighted by Crippen LogP contribution is -2.39. The van der Waals surface area contributed by atoms with Crippen molar-refractivity contribution in [1.29, 1.82) is 0 Å². The summed E-state index contributed by atoms with van der Waals surface area (Å²) in [5.41, 5.74) is 2.66. The number of carbonyl (C=O) groups is 1. The first kappa shape index (κ1) is 18.1. The van der Waals surface area contributed by atoms with Gasteiger partial charge in [-0.3, -0.25) is 9.69 Å². The van der Waals surface area contributed by atoms with Crippen LogP contribution in [0.4, 0.5) is 10.1 Å². The highest BCUT2D eigenvalue weighted by Crippen LogP contribution is 2.17. The average molecular weight is 328 g/mol. The van der Waals surface area contributed by atoms with Crippen LogP contribution in [-0.4, -0.2) is 23.9 Å². The Morgan fingerprint density at radius 2 is 1.71 bits per heavy atom. The number of halogens is 1. The molecule has 1 atom stereocenters. The minimum Gasteiger partial charge on any atom is -0.322 e. The van der Waals surface area contributed by atoms with Crippen LogP contribution in [0.2, 0.25) is 0 Å². The molecule has 0 bridgehead atoms. The number of benzene rings is 2. The van der Waals surface area contributed by atoms with E-state index in [0.717, 1.165) is 5.56 Å². The van der Waals surface area contributed by atoms with Gasteiger partial charge in [0.05, 0.1) is 11.7 Å². The lowest BCUT2D eigenvalue weighted by atomic mass is 10.0. The number of hydrogen-bond acceptors (Lipinski definition) is 2. The van der Waals surface area contributed by atoms with Gasteiger partial charge in [0.1, 0.15) is 5.82 Å². The molecule has 0 unspecified atom stereocenters. The first-order valence-electron chi connectivity index (χ1n) is 8.23. The molecule has 0 heterocycles. The van der Waals surface area contributed by atoms with Gasteiger partial charge < -0.3 is 5.32 Å². The second-order valence-electron chi connectivity index (χ2n) is 6.46. The van der Waals surface area contributed by atoms with Gasteiger partial charge in [-0.25, -0.2) is 4.39 Å². The molecule has 0 fully saturated rings. The summed E-state index contributed by atoms with van der Waals surface area (Å²) in [5.74, 6) is -0.145. The van der Waals surface area contributed by atoms with E-state index in [-0.39, 0.29) is 17.6 Å². The largest absolute Gasteiger partial charge is 0.322 e. The molecule has 0 aliphatic heterocycles. The Hall–Kier alpha value is -2.20. The van der Waals surface area contributed by atoms with E-state index in [9.17, 15) is 9.18 Å². The quantitative estimate of drug-likeness (QED) is 0.852. The van der Waals surface area contributed by atoms with Gasteiger partial charge in [-0.15, -0.1) is 0 Å². The highest BCUT2D eigenvalue weighted by Gasteiger charge is 2.19. The number of hydrogen-bond donors (Lipinski definition) is 1. The molecule has 0 radical (unpaired) electrons. The maximum absolute atomic E-state index is 13.6. The van der Waals surface area contributed by atoms with Crippen molar-refractivity contribution in [3.8, 4) is 0 Å². The Morgan fingerprint density at radius 3 is 2.29 bits per heavy atom. The molecule has 24 heavy (non-hydrogen) atoms. The van der Waals surface area contributed by atoms with E-state index >= 15 is 0 Å². The van der Waals surface area contributed by atoms with Crippen molar-refractivity contribution in [2.45, 2.75) is 39.3 Å². The van der Waals surface area contributed by atoms with E-state index in [2.05, 4.69) is 43.4 Å². The minimum absolute atomic E-state index is 0.212. The summed E-state index contributed by atoms with van der Waals surface area (Å²) in [6, 6.07) is 14.3. The molecule has 0 aliphatic rings. The summed E-state index contributed by atoms with van der Waals surface area (Å²) in [4.78, 5) is 14.3. The van der Waals surface area contributed by atoms with Crippen LogP contribution in [0.25, 0.3) is 0 Å². The third kappa shape index (κ3) is 4.65. The molecule has 1 N–H and O–H groups in total. The highest BCUT2D eigenvalue weighted by atomic mass is 19.1. The van der Waals surface area contributed by atoms with E-state index in [1.807, 2.05) is 18.9 Å². The molecule has 0 aliphatic carbocycles. The first-order valence-corrected chi connectivity index (χ1v) is 8.23. The monoisotopic (exact) mass is 328 g/mol. The number of nitrogens with one attached hydrogen (secondary N) is 1. The van der Waals surface area contributed by atoms with Gasteiger partial charge in [-0.2, -0.15) is 0 Å². The van der Waals surface area contributed by atoms with Crippen LogP contribution in [0, 0.1) is 5.82 Å². The Kier molecular flexibility index (Phi) is 6.10. The Morgan fingerprint density at radius 1 is 1.08 bits per heavy atom. The number of nitrogens with zero attached hydrogens (tertiary/aromatic N) is 1. The van der Waals surface area contributed by atoms with Gasteiger partial charge in [-0.05, 0) is 43.1 Å². The average Bonchev–Trinajstić information content (AvgIpc) is 2.56. The molecule has 3 nitrogen and oxygen atoms in total. The van der Waals surface area contributed by atoms with Crippen molar-refractivity contribution < 1.29 is 9.18 Å². The smallest absolute Gasteiger partial charge is 0.241 e. The normalized spacial score (nSPS) is 12.5. The van der Waals surface area contributed by atoms with Crippen LogP contribution < -0.4 is 5.32 Å². The Balaban J connectivity index is 1.97. The molecule has 4 heteroatoms. The summed E-state index contributed by atoms with van der Waals surface area (Å²) < 4.78 is 13.6. The lowest BCUT2D eigenvalue weighted by Gasteiger charge is -2.24. The van der Waals surface area contributed by atoms with E-state index in [1.54, 1.807) is 18.2 Å². The van der Waals surface area contributed by atoms with Crippen LogP contribution in [0.15, 0.2) is 48.5 Å². The third-order valence-corrected chi connectivity index (χ3v) is 4.25. The molecule has 1 amide bonds. The summed E-state index contributed by atoms with van der Waals surface area (Å²) in [6.07, 6.45) is 0. The molecular formula is C20H25FN2O. The third-order valence-electron chi connectivity index (χ3n) is 4.25. The molecule has 128 valence electrons. The fraction of sp³-hybridized carbons (Fsp3) is 0.350. The van der Waals surface area contributed by atoms with Crippen molar-refractivity contribution in [3.63, 3.8) is 0 Å². The fourth-order valence-corrected chi connectivity index (χ4v) is 2.43. The minimum atomic E-state index is -0.426. The topological polar surface area (TPSA) is 32.3 Å². The first-order chi connectivity index (χ1) is 11.4. The van der Waals surface area contributed by atoms with E-state index < -0.39 is 5.82 Å². The van der Waals surface area contributed by atoms with Gasteiger partial charge in [0.15, 0.2) is 0 Å². The van der Waals surface area contributed by atoms with E-state index in [1.165, 1.54) is 11.6 Å². The number of rotatable bonds is 6. The SMILES string of the molecule is CC(C)c1ccc(CN(C)[C@@H](C)C(=O)Nc2ccccc2F)cc1. The number of amides is 1. The van der Waals surface area contributed by atoms with Gasteiger partial charge in [0.2, 0.25) is 5.91 Å². The van der Waals surface area contributed by atoms with Gasteiger partial charge in [0.25, 0.3) is 0 Å². The molecule has 0 saturated heterocycles. The van der Waals surface area contributed by atoms with Crippen molar-refractivity contribution in [3.05, 3.63) is 65.5 Å². The molecule has 0 saturated carbocycles. The zero-order chi connectivity index (χ0) is 17.7. The van der Waals surface area contributed by atoms with Gasteiger partial charge in [0, 0.05) is 6.54 Å². The van der Waals surface area contributed by atoms with Crippen molar-refractivity contribution in [2.24, 2.45) is 0 Å². The van der Waals surface area contributed by atoms with Crippen LogP contribution in [0.5, 0.6) is 0 Å². The zero-order valence-corrected chi connectivity index (χ0v) is 14.7. The number of para-hydroxylation sites is 1. The lowest BCUT2D eigenvalue weighted by molar-refractivity contribution is -0.120. The zero-order valence-electron chi connectivity index (χ0n) is 14.7. The number of anilines is 1. The van der Waals surface area contributed by atoms with Crippen molar-refractivity contribution in [2.75, 3.05) is 12.4 Å². The maximum atomic E-state index is 13.6. The Bertz CT molecular complexity index is 682. The molecular weight excluding hydrogens is 303 g/mol. The maximum Gasteiger partial charge on any atom is 0.241 e. The summed E-state index contributed by atoms with van der Waals surface area (Å²) in [6.45, 7) is 6.80. The fourth-order valence-electron chi connectivity index (χ4n) is 2.43. The van der Waals surface area contributed by atoms with Crippen LogP contribution >= 0.6 is 0 Å². The second-order valence-corrected chi connectivity index (χ2v) is 6.46. The second kappa shape index (κ2) is 8.06. The number of carbonyl (C=O) groups excluding carboxylic acids is 1. The molecule has 0 aromatic heterocycles. The predicted molar refractivity (Wildman–Crippen MR) is 96.5 cm³/mol. The Labute approximate surface area is 143 Å².